The zero-order valence-electron chi connectivity index (χ0n) is 14.0. The lowest BCUT2D eigenvalue weighted by Gasteiger charge is -2.27. The summed E-state index contributed by atoms with van der Waals surface area (Å²) in [5, 5.41) is 3.27. The van der Waals surface area contributed by atoms with Gasteiger partial charge in [0.15, 0.2) is 0 Å². The largest absolute Gasteiger partial charge is 0.486 e. The van der Waals surface area contributed by atoms with Crippen LogP contribution < -0.4 is 10.1 Å². The van der Waals surface area contributed by atoms with Gasteiger partial charge >= 0.3 is 0 Å². The predicted octanol–water partition coefficient (Wildman–Crippen LogP) is 2.10. The number of benzene rings is 1. The average Bonchev–Trinajstić information content (AvgIpc) is 3.14. The van der Waals surface area contributed by atoms with E-state index in [-0.39, 0.29) is 5.91 Å². The lowest BCUT2D eigenvalue weighted by Crippen LogP contribution is -2.40. The maximum absolute atomic E-state index is 12.7. The Morgan fingerprint density at radius 2 is 2.04 bits per heavy atom. The van der Waals surface area contributed by atoms with Crippen LogP contribution in [0.4, 0.5) is 5.82 Å². The molecule has 6 nitrogen and oxygen atoms in total. The number of carbonyl (C=O) groups is 1. The summed E-state index contributed by atoms with van der Waals surface area (Å²) in [6.07, 6.45) is 1.01. The highest BCUT2D eigenvalue weighted by atomic mass is 16.5. The molecule has 0 radical (unpaired) electrons. The number of nitrogens with one attached hydrogen (secondary N) is 1. The number of amides is 1. The number of fused-ring (bicyclic) bond motifs is 1. The first kappa shape index (κ1) is 15.9. The van der Waals surface area contributed by atoms with Crippen molar-refractivity contribution < 1.29 is 14.3 Å². The lowest BCUT2D eigenvalue weighted by molar-refractivity contribution is 0.0300. The van der Waals surface area contributed by atoms with E-state index in [1.54, 1.807) is 0 Å². The third-order valence-corrected chi connectivity index (χ3v) is 4.51. The van der Waals surface area contributed by atoms with E-state index >= 15 is 0 Å². The van der Waals surface area contributed by atoms with E-state index in [2.05, 4.69) is 16.4 Å². The third kappa shape index (κ3) is 3.44. The molecule has 0 spiro atoms. The molecule has 1 saturated heterocycles. The maximum Gasteiger partial charge on any atom is 0.257 e. The van der Waals surface area contributed by atoms with Gasteiger partial charge in [-0.25, -0.2) is 4.98 Å². The zero-order valence-corrected chi connectivity index (χ0v) is 14.0. The highest BCUT2D eigenvalue weighted by molar-refractivity contribution is 5.97. The molecule has 2 aliphatic heterocycles. The first-order chi connectivity index (χ1) is 12.3. The monoisotopic (exact) mass is 339 g/mol. The van der Waals surface area contributed by atoms with Gasteiger partial charge in [-0.1, -0.05) is 18.2 Å². The first-order valence-corrected chi connectivity index (χ1v) is 8.63. The zero-order chi connectivity index (χ0) is 17.1. The Labute approximate surface area is 146 Å². The quantitative estimate of drug-likeness (QED) is 0.924. The number of aromatic nitrogens is 1. The van der Waals surface area contributed by atoms with Gasteiger partial charge in [-0.3, -0.25) is 4.79 Å². The van der Waals surface area contributed by atoms with Crippen LogP contribution in [0.25, 0.3) is 0 Å². The van der Waals surface area contributed by atoms with Gasteiger partial charge in [-0.05, 0) is 30.2 Å². The summed E-state index contributed by atoms with van der Waals surface area (Å²) in [7, 11) is 0. The maximum atomic E-state index is 12.7. The predicted molar refractivity (Wildman–Crippen MR) is 93.9 cm³/mol. The molecule has 3 heterocycles. The SMILES string of the molecule is O=C(c1ccccc1OCc1ccc2c(n1)NCC2)N1CCOCC1. The Morgan fingerprint density at radius 1 is 1.20 bits per heavy atom. The Hall–Kier alpha value is -2.60. The fourth-order valence-electron chi connectivity index (χ4n) is 3.14. The van der Waals surface area contributed by atoms with E-state index in [1.807, 2.05) is 35.2 Å². The topological polar surface area (TPSA) is 63.7 Å². The molecule has 25 heavy (non-hydrogen) atoms. The summed E-state index contributed by atoms with van der Waals surface area (Å²) in [5.74, 6) is 1.52. The second kappa shape index (κ2) is 7.11. The number of rotatable bonds is 4. The molecule has 2 aromatic rings. The number of anilines is 1. The fraction of sp³-hybridized carbons (Fsp3) is 0.368. The fourth-order valence-corrected chi connectivity index (χ4v) is 3.14. The van der Waals surface area contributed by atoms with E-state index < -0.39 is 0 Å². The molecule has 0 bridgehead atoms. The van der Waals surface area contributed by atoms with Gasteiger partial charge in [0.05, 0.1) is 24.5 Å². The van der Waals surface area contributed by atoms with Gasteiger partial charge in [0.1, 0.15) is 18.2 Å². The smallest absolute Gasteiger partial charge is 0.257 e. The highest BCUT2D eigenvalue weighted by Gasteiger charge is 2.21. The van der Waals surface area contributed by atoms with E-state index in [1.165, 1.54) is 5.56 Å². The van der Waals surface area contributed by atoms with Crippen LogP contribution in [0.3, 0.4) is 0 Å². The van der Waals surface area contributed by atoms with Crippen molar-refractivity contribution in [1.29, 1.82) is 0 Å². The molecule has 0 aliphatic carbocycles. The van der Waals surface area contributed by atoms with Gasteiger partial charge in [0, 0.05) is 19.6 Å². The number of nitrogens with zero attached hydrogens (tertiary/aromatic N) is 2. The molecule has 1 aromatic heterocycles. The van der Waals surface area contributed by atoms with Crippen molar-refractivity contribution in [3.05, 3.63) is 53.2 Å². The minimum atomic E-state index is -0.0116. The van der Waals surface area contributed by atoms with Gasteiger partial charge < -0.3 is 19.7 Å². The van der Waals surface area contributed by atoms with Crippen molar-refractivity contribution in [3.8, 4) is 5.75 Å². The van der Waals surface area contributed by atoms with Crippen LogP contribution >= 0.6 is 0 Å². The molecule has 2 aliphatic rings. The number of para-hydroxylation sites is 1. The number of hydrogen-bond donors (Lipinski definition) is 1. The number of pyridine rings is 1. The van der Waals surface area contributed by atoms with Crippen LogP contribution in [0.2, 0.25) is 0 Å². The number of morpholine rings is 1. The minimum Gasteiger partial charge on any atom is -0.486 e. The Bertz CT molecular complexity index is 772. The van der Waals surface area contributed by atoms with Crippen LogP contribution in [0.15, 0.2) is 36.4 Å². The molecule has 0 saturated carbocycles. The van der Waals surface area contributed by atoms with Crippen molar-refractivity contribution >= 4 is 11.7 Å². The summed E-state index contributed by atoms with van der Waals surface area (Å²) in [6, 6.07) is 11.5. The molecule has 0 unspecified atom stereocenters. The van der Waals surface area contributed by atoms with Crippen LogP contribution in [0.5, 0.6) is 5.75 Å². The number of ether oxygens (including phenoxy) is 2. The van der Waals surface area contributed by atoms with Crippen molar-refractivity contribution in [1.82, 2.24) is 9.88 Å². The summed E-state index contributed by atoms with van der Waals surface area (Å²) in [5.41, 5.74) is 2.68. The van der Waals surface area contributed by atoms with E-state index in [9.17, 15) is 4.79 Å². The first-order valence-electron chi connectivity index (χ1n) is 8.63. The van der Waals surface area contributed by atoms with Crippen LogP contribution in [0.1, 0.15) is 21.6 Å². The van der Waals surface area contributed by atoms with Gasteiger partial charge in [0.25, 0.3) is 5.91 Å². The van der Waals surface area contributed by atoms with Gasteiger partial charge in [-0.2, -0.15) is 0 Å². The summed E-state index contributed by atoms with van der Waals surface area (Å²) in [6.45, 7) is 3.67. The Balaban J connectivity index is 1.48. The summed E-state index contributed by atoms with van der Waals surface area (Å²) in [4.78, 5) is 19.1. The van der Waals surface area contributed by atoms with E-state index in [0.717, 1.165) is 24.5 Å². The molecule has 4 rings (SSSR count). The molecule has 1 fully saturated rings. The van der Waals surface area contributed by atoms with Crippen molar-refractivity contribution in [3.63, 3.8) is 0 Å². The molecular formula is C19H21N3O3. The second-order valence-corrected chi connectivity index (χ2v) is 6.18. The van der Waals surface area contributed by atoms with Gasteiger partial charge in [-0.15, -0.1) is 0 Å². The van der Waals surface area contributed by atoms with Crippen molar-refractivity contribution in [2.24, 2.45) is 0 Å². The van der Waals surface area contributed by atoms with Crippen LogP contribution in [-0.4, -0.2) is 48.6 Å². The standard InChI is InChI=1S/C19H21N3O3/c23-19(22-9-11-24-12-10-22)16-3-1-2-4-17(16)25-13-15-6-5-14-7-8-20-18(14)21-15/h1-6H,7-13H2,(H,20,21). The Morgan fingerprint density at radius 3 is 2.92 bits per heavy atom. The number of carbonyl (C=O) groups excluding carboxylic acids is 1. The van der Waals surface area contributed by atoms with Crippen molar-refractivity contribution in [2.75, 3.05) is 38.2 Å². The summed E-state index contributed by atoms with van der Waals surface area (Å²) >= 11 is 0. The molecule has 1 amide bonds. The van der Waals surface area contributed by atoms with Gasteiger partial charge in [0.2, 0.25) is 0 Å². The Kier molecular flexibility index (Phi) is 4.52. The summed E-state index contributed by atoms with van der Waals surface area (Å²) < 4.78 is 11.2. The molecule has 1 aromatic carbocycles. The van der Waals surface area contributed by atoms with E-state index in [4.69, 9.17) is 9.47 Å². The molecule has 130 valence electrons. The molecule has 1 N–H and O–H groups in total. The lowest BCUT2D eigenvalue weighted by atomic mass is 10.1. The second-order valence-electron chi connectivity index (χ2n) is 6.18. The average molecular weight is 339 g/mol. The molecule has 6 heteroatoms. The van der Waals surface area contributed by atoms with Crippen molar-refractivity contribution in [2.45, 2.75) is 13.0 Å². The van der Waals surface area contributed by atoms with E-state index in [0.29, 0.717) is 44.2 Å². The molecular weight excluding hydrogens is 318 g/mol. The number of hydrogen-bond acceptors (Lipinski definition) is 5. The minimum absolute atomic E-state index is 0.0116. The van der Waals surface area contributed by atoms with Crippen LogP contribution in [0, 0.1) is 0 Å². The van der Waals surface area contributed by atoms with Crippen LogP contribution in [-0.2, 0) is 17.8 Å². The normalized spacial score (nSPS) is 16.2. The third-order valence-electron chi connectivity index (χ3n) is 4.51. The molecule has 0 atom stereocenters. The highest BCUT2D eigenvalue weighted by Crippen LogP contribution is 2.23.